The number of benzene rings is 2. The second-order valence-electron chi connectivity index (χ2n) is 10.6. The van der Waals surface area contributed by atoms with Gasteiger partial charge in [0, 0.05) is 47.9 Å². The molecule has 0 atom stereocenters. The second kappa shape index (κ2) is 9.36. The van der Waals surface area contributed by atoms with Crippen molar-refractivity contribution in [2.45, 2.75) is 13.3 Å². The Kier molecular flexibility index (Phi) is 5.95. The van der Waals surface area contributed by atoms with E-state index in [1.807, 2.05) is 65.0 Å². The number of hydrogen-bond acceptors (Lipinski definition) is 6. The Morgan fingerprint density at radius 3 is 2.36 bits per heavy atom. The van der Waals surface area contributed by atoms with E-state index in [2.05, 4.69) is 21.9 Å². The van der Waals surface area contributed by atoms with Crippen LogP contribution < -0.4 is 11.1 Å². The van der Waals surface area contributed by atoms with Gasteiger partial charge in [0.05, 0.1) is 24.3 Å². The molecule has 2 aliphatic heterocycles. The van der Waals surface area contributed by atoms with Crippen LogP contribution in [-0.2, 0) is 16.6 Å². The Balaban J connectivity index is 1.37. The number of aromatic nitrogens is 3. The fourth-order valence-corrected chi connectivity index (χ4v) is 5.54. The maximum Gasteiger partial charge on any atom is 0.253 e. The largest absolute Gasteiger partial charge is 0.383 e. The van der Waals surface area contributed by atoms with Crippen LogP contribution >= 0.6 is 0 Å². The smallest absolute Gasteiger partial charge is 0.253 e. The molecule has 0 aliphatic carbocycles. The number of nitrogens with two attached hydrogens (primary N) is 1. The Labute approximate surface area is 226 Å². The summed E-state index contributed by atoms with van der Waals surface area (Å²) < 4.78 is 7.40. The Bertz CT molecular complexity index is 1620. The first-order valence-corrected chi connectivity index (χ1v) is 12.9. The molecule has 0 saturated carbocycles. The van der Waals surface area contributed by atoms with Crippen molar-refractivity contribution in [1.82, 2.24) is 19.4 Å². The first kappa shape index (κ1) is 24.8. The maximum absolute atomic E-state index is 13.2. The van der Waals surface area contributed by atoms with Crippen molar-refractivity contribution < 1.29 is 14.3 Å². The van der Waals surface area contributed by atoms with Crippen molar-refractivity contribution >= 4 is 34.4 Å². The topological polar surface area (TPSA) is 115 Å². The molecule has 2 saturated heterocycles. The van der Waals surface area contributed by atoms with Gasteiger partial charge in [-0.15, -0.1) is 0 Å². The normalized spacial score (nSPS) is 15.9. The van der Waals surface area contributed by atoms with Gasteiger partial charge < -0.3 is 25.3 Å². The van der Waals surface area contributed by atoms with Crippen LogP contribution in [0.1, 0.15) is 23.7 Å². The predicted molar refractivity (Wildman–Crippen MR) is 151 cm³/mol. The van der Waals surface area contributed by atoms with Crippen LogP contribution in [0.25, 0.3) is 33.4 Å². The van der Waals surface area contributed by atoms with Crippen LogP contribution in [0.2, 0.25) is 0 Å². The van der Waals surface area contributed by atoms with Gasteiger partial charge in [-0.3, -0.25) is 9.59 Å². The number of likely N-dealkylation sites (tertiary alicyclic amines) is 1. The van der Waals surface area contributed by atoms with Crippen LogP contribution in [0, 0.1) is 5.41 Å². The molecule has 0 bridgehead atoms. The first-order valence-electron chi connectivity index (χ1n) is 12.9. The number of rotatable bonds is 5. The van der Waals surface area contributed by atoms with E-state index >= 15 is 0 Å². The van der Waals surface area contributed by atoms with Crippen molar-refractivity contribution in [3.63, 3.8) is 0 Å². The molecule has 4 heterocycles. The van der Waals surface area contributed by atoms with Crippen molar-refractivity contribution in [3.8, 4) is 22.4 Å². The summed E-state index contributed by atoms with van der Waals surface area (Å²) in [7, 11) is 1.94. The van der Waals surface area contributed by atoms with Gasteiger partial charge in [0.2, 0.25) is 0 Å². The lowest BCUT2D eigenvalue weighted by molar-refractivity contribution is -0.112. The minimum atomic E-state index is -0.226. The summed E-state index contributed by atoms with van der Waals surface area (Å²) in [6, 6.07) is 15.3. The summed E-state index contributed by atoms with van der Waals surface area (Å²) in [5.41, 5.74) is 12.6. The lowest BCUT2D eigenvalue weighted by atomic mass is 9.85. The van der Waals surface area contributed by atoms with Gasteiger partial charge in [0.25, 0.3) is 11.8 Å². The van der Waals surface area contributed by atoms with E-state index in [-0.39, 0.29) is 17.2 Å². The molecule has 1 spiro atoms. The van der Waals surface area contributed by atoms with Crippen LogP contribution in [0.15, 0.2) is 67.0 Å². The zero-order chi connectivity index (χ0) is 27.3. The number of amides is 2. The zero-order valence-corrected chi connectivity index (χ0v) is 22.0. The average Bonchev–Trinajstić information content (AvgIpc) is 3.50. The Morgan fingerprint density at radius 2 is 1.74 bits per heavy atom. The fraction of sp³-hybridized carbons (Fsp3) is 0.267. The summed E-state index contributed by atoms with van der Waals surface area (Å²) in [6.07, 6.45) is 2.45. The lowest BCUT2D eigenvalue weighted by Crippen LogP contribution is -2.45. The molecule has 2 amide bonds. The van der Waals surface area contributed by atoms with E-state index in [4.69, 9.17) is 10.5 Å². The summed E-state index contributed by atoms with van der Waals surface area (Å²) in [4.78, 5) is 36.0. The number of ether oxygens (including phenoxy) is 1. The van der Waals surface area contributed by atoms with E-state index in [0.717, 1.165) is 60.5 Å². The highest BCUT2D eigenvalue weighted by Gasteiger charge is 2.45. The van der Waals surface area contributed by atoms with E-state index in [1.165, 1.54) is 6.33 Å². The molecule has 2 aliphatic rings. The highest BCUT2D eigenvalue weighted by molar-refractivity contribution is 6.08. The molecule has 4 aromatic rings. The van der Waals surface area contributed by atoms with E-state index < -0.39 is 0 Å². The number of nitrogens with zero attached hydrogens (tertiary/aromatic N) is 4. The highest BCUT2D eigenvalue weighted by Crippen LogP contribution is 2.42. The third kappa shape index (κ3) is 4.24. The summed E-state index contributed by atoms with van der Waals surface area (Å²) in [5.74, 6) is 0.196. The van der Waals surface area contributed by atoms with Gasteiger partial charge in [-0.05, 0) is 48.7 Å². The third-order valence-electron chi connectivity index (χ3n) is 7.76. The minimum Gasteiger partial charge on any atom is -0.383 e. The average molecular weight is 523 g/mol. The van der Waals surface area contributed by atoms with Crippen molar-refractivity contribution in [2.24, 2.45) is 12.5 Å². The molecule has 0 unspecified atom stereocenters. The number of anilines is 2. The number of aryl methyl sites for hydroxylation is 1. The first-order chi connectivity index (χ1) is 18.8. The number of carbonyl (C=O) groups excluding carboxylic acids is 2. The van der Waals surface area contributed by atoms with Gasteiger partial charge in [0.1, 0.15) is 17.8 Å². The minimum absolute atomic E-state index is 0.0405. The molecule has 2 fully saturated rings. The Morgan fingerprint density at radius 1 is 1.05 bits per heavy atom. The SMILES string of the molecule is C=C(C)C(=O)Nc1ccc(-c2c(-c3ccc(C(=O)N4CCC5(COC5)C4)cc3)c3c(N)ncnc3n2C)cc1. The van der Waals surface area contributed by atoms with E-state index in [0.29, 0.717) is 28.3 Å². The van der Waals surface area contributed by atoms with Crippen molar-refractivity contribution in [3.05, 3.63) is 72.6 Å². The maximum atomic E-state index is 13.2. The number of fused-ring (bicyclic) bond motifs is 1. The molecule has 39 heavy (non-hydrogen) atoms. The summed E-state index contributed by atoms with van der Waals surface area (Å²) >= 11 is 0. The van der Waals surface area contributed by atoms with Crippen molar-refractivity contribution in [2.75, 3.05) is 37.4 Å². The van der Waals surface area contributed by atoms with Gasteiger partial charge in [-0.1, -0.05) is 30.8 Å². The molecule has 2 aromatic heterocycles. The van der Waals surface area contributed by atoms with Gasteiger partial charge in [-0.25, -0.2) is 9.97 Å². The predicted octanol–water partition coefficient (Wildman–Crippen LogP) is 4.26. The molecule has 198 valence electrons. The lowest BCUT2D eigenvalue weighted by Gasteiger charge is -2.37. The van der Waals surface area contributed by atoms with Gasteiger partial charge in [-0.2, -0.15) is 0 Å². The number of nitrogen functional groups attached to an aromatic ring is 1. The second-order valence-corrected chi connectivity index (χ2v) is 10.6. The Hall–Kier alpha value is -4.50. The number of nitrogens with one attached hydrogen (secondary N) is 1. The van der Waals surface area contributed by atoms with Gasteiger partial charge in [0.15, 0.2) is 0 Å². The molecule has 9 heteroatoms. The van der Waals surface area contributed by atoms with Crippen LogP contribution in [-0.4, -0.2) is 57.6 Å². The zero-order valence-electron chi connectivity index (χ0n) is 22.0. The molecule has 2 aromatic carbocycles. The third-order valence-corrected chi connectivity index (χ3v) is 7.76. The highest BCUT2D eigenvalue weighted by atomic mass is 16.5. The van der Waals surface area contributed by atoms with E-state index in [9.17, 15) is 9.59 Å². The van der Waals surface area contributed by atoms with Crippen LogP contribution in [0.5, 0.6) is 0 Å². The molecule has 9 nitrogen and oxygen atoms in total. The summed E-state index contributed by atoms with van der Waals surface area (Å²) in [5, 5.41) is 3.59. The number of hydrogen-bond donors (Lipinski definition) is 2. The van der Waals surface area contributed by atoms with Gasteiger partial charge >= 0.3 is 0 Å². The van der Waals surface area contributed by atoms with Crippen molar-refractivity contribution in [1.29, 1.82) is 0 Å². The quantitative estimate of drug-likeness (QED) is 0.379. The summed E-state index contributed by atoms with van der Waals surface area (Å²) in [6.45, 7) is 8.34. The number of carbonyl (C=O) groups is 2. The fourth-order valence-electron chi connectivity index (χ4n) is 5.54. The monoisotopic (exact) mass is 522 g/mol. The standard InChI is InChI=1S/C30H30N6O3/c1-18(2)28(37)34-22-10-8-20(9-11-22)25-23(24-26(31)32-17-33-27(24)35(25)3)19-4-6-21(7-5-19)29(38)36-13-12-30(14-36)15-39-16-30/h4-11,17H,1,12-16H2,2-3H3,(H,34,37)(H2,31,32,33). The van der Waals surface area contributed by atoms with E-state index in [1.54, 1.807) is 6.92 Å². The van der Waals surface area contributed by atoms with Crippen LogP contribution in [0.4, 0.5) is 11.5 Å². The molecular weight excluding hydrogens is 492 g/mol. The molecule has 6 rings (SSSR count). The van der Waals surface area contributed by atoms with Crippen LogP contribution in [0.3, 0.4) is 0 Å². The molecular formula is C30H30N6O3. The molecule has 0 radical (unpaired) electrons. The molecule has 3 N–H and O–H groups in total.